The monoisotopic (exact) mass is 498 g/mol. The van der Waals surface area contributed by atoms with E-state index in [0.717, 1.165) is 10.8 Å². The summed E-state index contributed by atoms with van der Waals surface area (Å²) in [6.07, 6.45) is 0.692. The van der Waals surface area contributed by atoms with E-state index in [2.05, 4.69) is 10.5 Å². The van der Waals surface area contributed by atoms with Gasteiger partial charge in [0.25, 0.3) is 5.91 Å². The summed E-state index contributed by atoms with van der Waals surface area (Å²) in [5, 5.41) is 5.97. The fraction of sp³-hybridized carbons (Fsp3) is 0.138. The highest BCUT2D eigenvalue weighted by Gasteiger charge is 2.16. The Bertz CT molecular complexity index is 1430. The van der Waals surface area contributed by atoms with Gasteiger partial charge in [-0.15, -0.1) is 0 Å². The fourth-order valence-corrected chi connectivity index (χ4v) is 3.54. The van der Waals surface area contributed by atoms with Crippen LogP contribution in [0.25, 0.3) is 10.8 Å². The molecule has 4 aromatic rings. The van der Waals surface area contributed by atoms with Gasteiger partial charge in [0, 0.05) is 5.39 Å². The van der Waals surface area contributed by atoms with Crippen LogP contribution in [0.5, 0.6) is 23.0 Å². The molecule has 37 heavy (non-hydrogen) atoms. The molecule has 4 rings (SSSR count). The molecule has 0 spiro atoms. The van der Waals surface area contributed by atoms with Gasteiger partial charge in [-0.05, 0) is 66.4 Å². The van der Waals surface area contributed by atoms with E-state index in [9.17, 15) is 9.59 Å². The van der Waals surface area contributed by atoms with E-state index in [1.807, 2.05) is 42.5 Å². The number of benzene rings is 4. The van der Waals surface area contributed by atoms with E-state index in [0.29, 0.717) is 28.4 Å². The molecule has 188 valence electrons. The number of esters is 1. The van der Waals surface area contributed by atoms with Gasteiger partial charge in [0.2, 0.25) is 0 Å². The van der Waals surface area contributed by atoms with Crippen LogP contribution in [0, 0.1) is 0 Å². The Morgan fingerprint density at radius 1 is 0.838 bits per heavy atom. The van der Waals surface area contributed by atoms with Crippen LogP contribution < -0.4 is 24.4 Å². The summed E-state index contributed by atoms with van der Waals surface area (Å²) in [5.41, 5.74) is 3.48. The molecule has 8 nitrogen and oxygen atoms in total. The van der Waals surface area contributed by atoms with Crippen molar-refractivity contribution in [2.75, 3.05) is 14.2 Å². The van der Waals surface area contributed by atoms with E-state index in [1.165, 1.54) is 13.3 Å². The predicted octanol–water partition coefficient (Wildman–Crippen LogP) is 4.99. The van der Waals surface area contributed by atoms with E-state index in [4.69, 9.17) is 18.9 Å². The first-order valence-corrected chi connectivity index (χ1v) is 11.5. The lowest BCUT2D eigenvalue weighted by atomic mass is 10.1. The molecule has 0 aliphatic heterocycles. The van der Waals surface area contributed by atoms with E-state index in [-0.39, 0.29) is 5.75 Å². The van der Waals surface area contributed by atoms with Gasteiger partial charge in [0.15, 0.2) is 17.6 Å². The summed E-state index contributed by atoms with van der Waals surface area (Å²) in [6, 6.07) is 25.0. The van der Waals surface area contributed by atoms with Gasteiger partial charge in [-0.1, -0.05) is 36.4 Å². The Hall–Kier alpha value is -4.85. The number of hydrogen-bond donors (Lipinski definition) is 1. The van der Waals surface area contributed by atoms with Crippen molar-refractivity contribution < 1.29 is 28.5 Å². The minimum atomic E-state index is -0.766. The highest BCUT2D eigenvalue weighted by atomic mass is 16.6. The number of hydrogen-bond acceptors (Lipinski definition) is 7. The van der Waals surface area contributed by atoms with Crippen molar-refractivity contribution in [1.82, 2.24) is 5.43 Å². The lowest BCUT2D eigenvalue weighted by Gasteiger charge is -2.14. The molecule has 0 heterocycles. The number of ether oxygens (including phenoxy) is 4. The number of methoxy groups -OCH3 is 2. The van der Waals surface area contributed by atoms with Crippen LogP contribution in [-0.2, 0) is 4.79 Å². The second-order valence-electron chi connectivity index (χ2n) is 8.00. The van der Waals surface area contributed by atoms with E-state index < -0.39 is 18.0 Å². The number of rotatable bonds is 9. The Kier molecular flexibility index (Phi) is 8.00. The number of nitrogens with one attached hydrogen (secondary N) is 1. The fourth-order valence-electron chi connectivity index (χ4n) is 3.54. The lowest BCUT2D eigenvalue weighted by molar-refractivity contribution is -0.127. The molecule has 1 N–H and O–H groups in total. The number of amides is 1. The molecule has 0 saturated carbocycles. The topological polar surface area (TPSA) is 95.5 Å². The molecule has 8 heteroatoms. The Balaban J connectivity index is 1.37. The average molecular weight is 499 g/mol. The van der Waals surface area contributed by atoms with Crippen LogP contribution in [0.1, 0.15) is 22.8 Å². The summed E-state index contributed by atoms with van der Waals surface area (Å²) < 4.78 is 21.8. The number of fused-ring (bicyclic) bond motifs is 1. The molecule has 0 aliphatic rings. The molecular weight excluding hydrogens is 472 g/mol. The van der Waals surface area contributed by atoms with Crippen molar-refractivity contribution in [3.05, 3.63) is 96.1 Å². The van der Waals surface area contributed by atoms with Crippen LogP contribution in [0.4, 0.5) is 0 Å². The van der Waals surface area contributed by atoms with Gasteiger partial charge >= 0.3 is 5.97 Å². The Morgan fingerprint density at radius 2 is 1.59 bits per heavy atom. The van der Waals surface area contributed by atoms with Crippen molar-refractivity contribution in [2.45, 2.75) is 13.0 Å². The lowest BCUT2D eigenvalue weighted by Crippen LogP contribution is -2.33. The van der Waals surface area contributed by atoms with Crippen molar-refractivity contribution in [3.63, 3.8) is 0 Å². The molecule has 4 aromatic carbocycles. The number of nitrogens with zero attached hydrogens (tertiary/aromatic N) is 1. The summed E-state index contributed by atoms with van der Waals surface area (Å²) in [7, 11) is 3.02. The zero-order valence-electron chi connectivity index (χ0n) is 20.6. The number of hydrazone groups is 1. The summed E-state index contributed by atoms with van der Waals surface area (Å²) in [4.78, 5) is 25.0. The molecule has 0 fully saturated rings. The molecule has 0 aromatic heterocycles. The minimum Gasteiger partial charge on any atom is -0.497 e. The maximum atomic E-state index is 12.5. The smallest absolute Gasteiger partial charge is 0.343 e. The first-order valence-electron chi connectivity index (χ1n) is 11.5. The van der Waals surface area contributed by atoms with Gasteiger partial charge in [-0.2, -0.15) is 5.10 Å². The van der Waals surface area contributed by atoms with Gasteiger partial charge in [-0.25, -0.2) is 10.2 Å². The summed E-state index contributed by atoms with van der Waals surface area (Å²) >= 11 is 0. The zero-order chi connectivity index (χ0) is 26.2. The van der Waals surface area contributed by atoms with Crippen molar-refractivity contribution in [2.24, 2.45) is 5.10 Å². The normalized spacial score (nSPS) is 11.6. The van der Waals surface area contributed by atoms with E-state index >= 15 is 0 Å². The first kappa shape index (κ1) is 25.2. The molecule has 1 amide bonds. The maximum Gasteiger partial charge on any atom is 0.343 e. The Labute approximate surface area is 214 Å². The van der Waals surface area contributed by atoms with Crippen LogP contribution in [-0.4, -0.2) is 38.4 Å². The largest absolute Gasteiger partial charge is 0.497 e. The molecule has 0 unspecified atom stereocenters. The SMILES string of the molecule is COc1ccc(C(=O)Oc2ccc(/C=N\NC(=O)[C@H](C)Oc3cccc4ccccc34)cc2OC)cc1. The second kappa shape index (κ2) is 11.7. The standard InChI is InChI=1S/C29H26N2O6/c1-19(36-25-10-6-8-21-7-4-5-9-24(21)25)28(32)31-30-18-20-11-16-26(27(17-20)35-3)37-29(33)22-12-14-23(34-2)15-13-22/h4-19H,1-3H3,(H,31,32)/b30-18-/t19-/m0/s1. The average Bonchev–Trinajstić information content (AvgIpc) is 2.93. The third-order valence-corrected chi connectivity index (χ3v) is 5.53. The third-order valence-electron chi connectivity index (χ3n) is 5.53. The number of carbonyl (C=O) groups excluding carboxylic acids is 2. The van der Waals surface area contributed by atoms with Crippen LogP contribution in [0.15, 0.2) is 90.0 Å². The van der Waals surface area contributed by atoms with Gasteiger partial charge in [0.05, 0.1) is 26.0 Å². The van der Waals surface area contributed by atoms with E-state index in [1.54, 1.807) is 56.5 Å². The molecular formula is C29H26N2O6. The van der Waals surface area contributed by atoms with Crippen molar-refractivity contribution in [3.8, 4) is 23.0 Å². The molecule has 1 atom stereocenters. The Morgan fingerprint density at radius 3 is 2.35 bits per heavy atom. The molecule has 0 aliphatic carbocycles. The van der Waals surface area contributed by atoms with Gasteiger partial charge in [-0.3, -0.25) is 4.79 Å². The van der Waals surface area contributed by atoms with Crippen LogP contribution >= 0.6 is 0 Å². The molecule has 0 radical (unpaired) electrons. The maximum absolute atomic E-state index is 12.5. The highest BCUT2D eigenvalue weighted by molar-refractivity contribution is 5.92. The molecule has 0 bridgehead atoms. The van der Waals surface area contributed by atoms with Crippen LogP contribution in [0.3, 0.4) is 0 Å². The minimum absolute atomic E-state index is 0.251. The van der Waals surface area contributed by atoms with Crippen LogP contribution in [0.2, 0.25) is 0 Å². The van der Waals surface area contributed by atoms with Crippen molar-refractivity contribution in [1.29, 1.82) is 0 Å². The molecule has 0 saturated heterocycles. The summed E-state index contributed by atoms with van der Waals surface area (Å²) in [6.45, 7) is 1.65. The quantitative estimate of drug-likeness (QED) is 0.151. The third kappa shape index (κ3) is 6.24. The first-order chi connectivity index (χ1) is 18.0. The second-order valence-corrected chi connectivity index (χ2v) is 8.00. The van der Waals surface area contributed by atoms with Gasteiger partial charge in [0.1, 0.15) is 11.5 Å². The van der Waals surface area contributed by atoms with Gasteiger partial charge < -0.3 is 18.9 Å². The summed E-state index contributed by atoms with van der Waals surface area (Å²) in [5.74, 6) is 0.913. The predicted molar refractivity (Wildman–Crippen MR) is 141 cm³/mol. The number of carbonyl (C=O) groups is 2. The van der Waals surface area contributed by atoms with Crippen molar-refractivity contribution >= 4 is 28.9 Å². The zero-order valence-corrected chi connectivity index (χ0v) is 20.6. The highest BCUT2D eigenvalue weighted by Crippen LogP contribution is 2.29.